The maximum atomic E-state index is 13.1. The Morgan fingerprint density at radius 3 is 2.54 bits per heavy atom. The van der Waals surface area contributed by atoms with Gasteiger partial charge < -0.3 is 29.3 Å². The van der Waals surface area contributed by atoms with Gasteiger partial charge in [-0.3, -0.25) is 14.4 Å². The Hall–Kier alpha value is -4.51. The summed E-state index contributed by atoms with van der Waals surface area (Å²) in [6.07, 6.45) is 0.714. The predicted octanol–water partition coefficient (Wildman–Crippen LogP) is 2.36. The first-order valence-corrected chi connectivity index (χ1v) is 12.6. The number of ether oxygens (including phenoxy) is 2. The van der Waals surface area contributed by atoms with Gasteiger partial charge in [-0.15, -0.1) is 0 Å². The predicted molar refractivity (Wildman–Crippen MR) is 136 cm³/mol. The molecule has 0 radical (unpaired) electrons. The second kappa shape index (κ2) is 9.99. The molecule has 3 aliphatic rings. The molecule has 0 unspecified atom stereocenters. The molecule has 0 aliphatic carbocycles. The summed E-state index contributed by atoms with van der Waals surface area (Å²) in [5.41, 5.74) is 1.87. The molecule has 6 rings (SSSR count). The maximum Gasteiger partial charge on any atom is 0.268 e. The molecule has 200 valence electrons. The lowest BCUT2D eigenvalue weighted by Crippen LogP contribution is -2.55. The Morgan fingerprint density at radius 1 is 1.05 bits per heavy atom. The van der Waals surface area contributed by atoms with Gasteiger partial charge in [-0.05, 0) is 48.0 Å². The van der Waals surface area contributed by atoms with Gasteiger partial charge in [0, 0.05) is 49.9 Å². The number of nitrogens with zero attached hydrogens (tertiary/aromatic N) is 4. The maximum absolute atomic E-state index is 13.1. The quantitative estimate of drug-likeness (QED) is 0.497. The molecule has 11 heteroatoms. The zero-order valence-corrected chi connectivity index (χ0v) is 20.8. The number of hydrogen-bond acceptors (Lipinski definition) is 7. The third-order valence-electron chi connectivity index (χ3n) is 7.01. The third kappa shape index (κ3) is 5.00. The van der Waals surface area contributed by atoms with Crippen LogP contribution in [0.2, 0.25) is 0 Å². The summed E-state index contributed by atoms with van der Waals surface area (Å²) in [5, 5.41) is 9.41. The van der Waals surface area contributed by atoms with E-state index < -0.39 is 12.2 Å². The number of carbonyl (C=O) groups excluding carboxylic acids is 3. The van der Waals surface area contributed by atoms with Crippen molar-refractivity contribution in [2.24, 2.45) is 0 Å². The second-order valence-corrected chi connectivity index (χ2v) is 9.73. The van der Waals surface area contributed by atoms with E-state index >= 15 is 0 Å². The van der Waals surface area contributed by atoms with E-state index in [4.69, 9.17) is 9.47 Å². The first-order chi connectivity index (χ1) is 18.8. The minimum atomic E-state index is -0.708. The number of pyridine rings is 1. The lowest BCUT2D eigenvalue weighted by Gasteiger charge is -2.36. The summed E-state index contributed by atoms with van der Waals surface area (Å²) in [6.45, 7) is 1.29. The number of likely N-dealkylation sites (tertiary alicyclic amines) is 1. The molecule has 2 fully saturated rings. The number of β-amino-alcohol motifs (C(OH)–C–C–N with tert-alkyl or cyclic N) is 1. The molecule has 2 saturated heterocycles. The van der Waals surface area contributed by atoms with E-state index in [-0.39, 0.29) is 30.1 Å². The van der Waals surface area contributed by atoms with Gasteiger partial charge in [0.15, 0.2) is 6.10 Å². The Morgan fingerprint density at radius 2 is 1.82 bits per heavy atom. The van der Waals surface area contributed by atoms with Gasteiger partial charge in [0.05, 0.1) is 12.3 Å². The Kier molecular flexibility index (Phi) is 6.35. The molecule has 1 N–H and O–H groups in total. The number of carbonyl (C=O) groups is 3. The molecule has 10 nitrogen and oxygen atoms in total. The van der Waals surface area contributed by atoms with Gasteiger partial charge >= 0.3 is 0 Å². The van der Waals surface area contributed by atoms with Crippen LogP contribution in [-0.2, 0) is 16.1 Å². The Balaban J connectivity index is 1.07. The van der Waals surface area contributed by atoms with Crippen molar-refractivity contribution in [1.82, 2.24) is 14.8 Å². The van der Waals surface area contributed by atoms with Crippen molar-refractivity contribution in [2.75, 3.05) is 31.1 Å². The van der Waals surface area contributed by atoms with Crippen molar-refractivity contribution >= 4 is 23.4 Å². The van der Waals surface area contributed by atoms with Gasteiger partial charge in [0.2, 0.25) is 11.8 Å². The number of amides is 3. The first-order valence-electron chi connectivity index (χ1n) is 12.6. The molecule has 3 amide bonds. The standard InChI is InChI=1S/C28H25FN4O6/c29-18-2-5-21(6-3-18)39-25-8-7-22(12-30-25)38-24-9-10-33(28(24)37)19-4-1-17-13-32(27(36)23(17)11-19)16-26(35)31-14-20(34)15-31/h1-8,11-12,20,24,34H,9-10,13-16H2/t24-/m1/s1. The zero-order valence-electron chi connectivity index (χ0n) is 20.8. The molecule has 4 heterocycles. The van der Waals surface area contributed by atoms with Gasteiger partial charge in [-0.1, -0.05) is 6.07 Å². The van der Waals surface area contributed by atoms with Crippen molar-refractivity contribution < 1.29 is 33.4 Å². The van der Waals surface area contributed by atoms with Crippen LogP contribution < -0.4 is 14.4 Å². The zero-order chi connectivity index (χ0) is 27.1. The SMILES string of the molecule is O=C(CN1Cc2ccc(N3CC[C@@H](Oc4ccc(Oc5ccc(F)cc5)nc4)C3=O)cc2C1=O)N1CC(O)C1. The number of aliphatic hydroxyl groups excluding tert-OH is 1. The summed E-state index contributed by atoms with van der Waals surface area (Å²) in [4.78, 5) is 47.3. The second-order valence-electron chi connectivity index (χ2n) is 9.73. The van der Waals surface area contributed by atoms with Crippen molar-refractivity contribution in [3.05, 3.63) is 77.7 Å². The molecule has 1 atom stereocenters. The number of aliphatic hydroxyl groups is 1. The summed E-state index contributed by atoms with van der Waals surface area (Å²) < 4.78 is 24.5. The molecule has 0 spiro atoms. The highest BCUT2D eigenvalue weighted by Gasteiger charge is 2.37. The number of aromatic nitrogens is 1. The van der Waals surface area contributed by atoms with Gasteiger partial charge in [-0.25, -0.2) is 9.37 Å². The van der Waals surface area contributed by atoms with E-state index in [2.05, 4.69) is 4.98 Å². The van der Waals surface area contributed by atoms with Crippen LogP contribution in [0.3, 0.4) is 0 Å². The summed E-state index contributed by atoms with van der Waals surface area (Å²) >= 11 is 0. The number of benzene rings is 2. The molecule has 1 aromatic heterocycles. The van der Waals surface area contributed by atoms with Gasteiger partial charge in [0.1, 0.15) is 23.9 Å². The largest absolute Gasteiger partial charge is 0.479 e. The van der Waals surface area contributed by atoms with Crippen LogP contribution in [0.4, 0.5) is 10.1 Å². The van der Waals surface area contributed by atoms with Crippen LogP contribution >= 0.6 is 0 Å². The van der Waals surface area contributed by atoms with Gasteiger partial charge in [0.25, 0.3) is 11.8 Å². The summed E-state index contributed by atoms with van der Waals surface area (Å²) in [5.74, 6) is 0.109. The smallest absolute Gasteiger partial charge is 0.268 e. The van der Waals surface area contributed by atoms with Gasteiger partial charge in [-0.2, -0.15) is 0 Å². The number of halogens is 1. The van der Waals surface area contributed by atoms with Crippen LogP contribution in [-0.4, -0.2) is 76.0 Å². The first kappa shape index (κ1) is 24.8. The van der Waals surface area contributed by atoms with Crippen molar-refractivity contribution in [1.29, 1.82) is 0 Å². The van der Waals surface area contributed by atoms with Crippen LogP contribution in [0.25, 0.3) is 0 Å². The molecule has 0 saturated carbocycles. The van der Waals surface area contributed by atoms with Crippen molar-refractivity contribution in [3.63, 3.8) is 0 Å². The molecule has 3 aliphatic heterocycles. The normalized spacial score (nSPS) is 18.8. The Labute approximate surface area is 223 Å². The fraction of sp³-hybridized carbons (Fsp3) is 0.286. The molecule has 0 bridgehead atoms. The van der Waals surface area contributed by atoms with E-state index in [0.717, 1.165) is 5.56 Å². The molecule has 39 heavy (non-hydrogen) atoms. The minimum Gasteiger partial charge on any atom is -0.479 e. The molecular formula is C28H25FN4O6. The number of anilines is 1. The topological polar surface area (TPSA) is 113 Å². The highest BCUT2D eigenvalue weighted by atomic mass is 19.1. The van der Waals surface area contributed by atoms with Crippen LogP contribution in [0.15, 0.2) is 60.8 Å². The van der Waals surface area contributed by atoms with Crippen LogP contribution in [0.1, 0.15) is 22.3 Å². The van der Waals surface area contributed by atoms with E-state index in [1.54, 1.807) is 29.2 Å². The van der Waals surface area contributed by atoms with E-state index in [9.17, 15) is 23.9 Å². The molecular weight excluding hydrogens is 507 g/mol. The molecule has 3 aromatic rings. The average Bonchev–Trinajstić information content (AvgIpc) is 3.43. The fourth-order valence-electron chi connectivity index (χ4n) is 4.87. The van der Waals surface area contributed by atoms with E-state index in [1.807, 2.05) is 6.07 Å². The molecule has 2 aromatic carbocycles. The Bertz CT molecular complexity index is 1420. The average molecular weight is 533 g/mol. The third-order valence-corrected chi connectivity index (χ3v) is 7.01. The number of fused-ring (bicyclic) bond motifs is 1. The lowest BCUT2D eigenvalue weighted by atomic mass is 10.1. The van der Waals surface area contributed by atoms with E-state index in [0.29, 0.717) is 61.2 Å². The van der Waals surface area contributed by atoms with Crippen molar-refractivity contribution in [2.45, 2.75) is 25.2 Å². The van der Waals surface area contributed by atoms with Crippen LogP contribution in [0.5, 0.6) is 17.4 Å². The minimum absolute atomic E-state index is 0.0457. The fourth-order valence-corrected chi connectivity index (χ4v) is 4.87. The number of hydrogen-bond donors (Lipinski definition) is 1. The van der Waals surface area contributed by atoms with Crippen molar-refractivity contribution in [3.8, 4) is 17.4 Å². The number of rotatable bonds is 7. The summed E-state index contributed by atoms with van der Waals surface area (Å²) in [7, 11) is 0. The lowest BCUT2D eigenvalue weighted by molar-refractivity contribution is -0.141. The monoisotopic (exact) mass is 532 g/mol. The summed E-state index contributed by atoms with van der Waals surface area (Å²) in [6, 6.07) is 14.1. The van der Waals surface area contributed by atoms with E-state index in [1.165, 1.54) is 40.3 Å². The highest BCUT2D eigenvalue weighted by molar-refractivity contribution is 6.03. The van der Waals surface area contributed by atoms with Crippen LogP contribution in [0, 0.1) is 5.82 Å². The highest BCUT2D eigenvalue weighted by Crippen LogP contribution is 2.31.